The molecule has 3 rings (SSSR count). The van der Waals surface area contributed by atoms with Crippen LogP contribution >= 0.6 is 12.2 Å². The Labute approximate surface area is 117 Å². The van der Waals surface area contributed by atoms with Gasteiger partial charge in [-0.2, -0.15) is 0 Å². The number of rotatable bonds is 2. The summed E-state index contributed by atoms with van der Waals surface area (Å²) in [6.07, 6.45) is 0. The number of thiocarbonyl (C=S) groups is 1. The van der Waals surface area contributed by atoms with Crippen molar-refractivity contribution in [3.8, 4) is 11.3 Å². The molecule has 4 heteroatoms. The number of hydrogen-bond donors (Lipinski definition) is 0. The topological polar surface area (TPSA) is 25.6 Å². The van der Waals surface area contributed by atoms with Crippen molar-refractivity contribution in [1.29, 1.82) is 0 Å². The van der Waals surface area contributed by atoms with Crippen LogP contribution in [-0.4, -0.2) is 36.2 Å². The molecule has 1 aromatic heterocycles. The maximum atomic E-state index is 5.86. The van der Waals surface area contributed by atoms with Gasteiger partial charge in [0.05, 0.1) is 13.2 Å². The first-order chi connectivity index (χ1) is 9.34. The van der Waals surface area contributed by atoms with Gasteiger partial charge in [-0.3, -0.25) is 0 Å². The zero-order chi connectivity index (χ0) is 13.1. The third-order valence-corrected chi connectivity index (χ3v) is 3.63. The van der Waals surface area contributed by atoms with Crippen molar-refractivity contribution in [1.82, 2.24) is 4.90 Å². The Morgan fingerprint density at radius 1 is 1.00 bits per heavy atom. The second kappa shape index (κ2) is 5.55. The van der Waals surface area contributed by atoms with E-state index in [4.69, 9.17) is 21.4 Å². The molecule has 0 amide bonds. The number of ether oxygens (including phenoxy) is 1. The molecule has 0 spiro atoms. The SMILES string of the molecule is S=C(c1ccc(-c2ccccc2)o1)N1CCOCC1. The van der Waals surface area contributed by atoms with E-state index in [1.54, 1.807) is 0 Å². The smallest absolute Gasteiger partial charge is 0.162 e. The average molecular weight is 273 g/mol. The highest BCUT2D eigenvalue weighted by molar-refractivity contribution is 7.80. The summed E-state index contributed by atoms with van der Waals surface area (Å²) in [4.78, 5) is 2.90. The number of furan rings is 1. The lowest BCUT2D eigenvalue weighted by molar-refractivity contribution is 0.0688. The van der Waals surface area contributed by atoms with Crippen molar-refractivity contribution in [2.24, 2.45) is 0 Å². The molecule has 0 unspecified atom stereocenters. The number of hydrogen-bond acceptors (Lipinski definition) is 3. The van der Waals surface area contributed by atoms with E-state index in [9.17, 15) is 0 Å². The van der Waals surface area contributed by atoms with Gasteiger partial charge in [-0.1, -0.05) is 42.5 Å². The molecule has 0 radical (unpaired) electrons. The van der Waals surface area contributed by atoms with Crippen LogP contribution in [0.15, 0.2) is 46.9 Å². The molecule has 0 saturated carbocycles. The van der Waals surface area contributed by atoms with Gasteiger partial charge in [0.15, 0.2) is 5.76 Å². The molecule has 0 aliphatic carbocycles. The Bertz CT molecular complexity index is 559. The zero-order valence-corrected chi connectivity index (χ0v) is 11.4. The predicted molar refractivity (Wildman–Crippen MR) is 78.2 cm³/mol. The molecule has 1 aliphatic heterocycles. The maximum Gasteiger partial charge on any atom is 0.162 e. The summed E-state index contributed by atoms with van der Waals surface area (Å²) in [6, 6.07) is 14.0. The van der Waals surface area contributed by atoms with Gasteiger partial charge in [-0.25, -0.2) is 0 Å². The van der Waals surface area contributed by atoms with Crippen LogP contribution in [0.2, 0.25) is 0 Å². The number of benzene rings is 1. The molecule has 19 heavy (non-hydrogen) atoms. The highest BCUT2D eigenvalue weighted by Crippen LogP contribution is 2.23. The predicted octanol–water partition coefficient (Wildman–Crippen LogP) is 2.95. The normalized spacial score (nSPS) is 15.5. The minimum absolute atomic E-state index is 0.729. The molecule has 0 bridgehead atoms. The summed E-state index contributed by atoms with van der Waals surface area (Å²) in [5, 5.41) is 0. The first-order valence-electron chi connectivity index (χ1n) is 6.37. The molecule has 0 N–H and O–H groups in total. The monoisotopic (exact) mass is 273 g/mol. The van der Waals surface area contributed by atoms with Crippen LogP contribution in [0.5, 0.6) is 0 Å². The highest BCUT2D eigenvalue weighted by Gasteiger charge is 2.18. The van der Waals surface area contributed by atoms with E-state index in [0.29, 0.717) is 0 Å². The van der Waals surface area contributed by atoms with Crippen molar-refractivity contribution < 1.29 is 9.15 Å². The van der Waals surface area contributed by atoms with Crippen LogP contribution in [0.4, 0.5) is 0 Å². The summed E-state index contributed by atoms with van der Waals surface area (Å²) in [5.41, 5.74) is 1.07. The third kappa shape index (κ3) is 2.69. The second-order valence-corrected chi connectivity index (χ2v) is 4.82. The van der Waals surface area contributed by atoms with Crippen LogP contribution in [-0.2, 0) is 4.74 Å². The largest absolute Gasteiger partial charge is 0.454 e. The van der Waals surface area contributed by atoms with Crippen LogP contribution in [0, 0.1) is 0 Å². The Morgan fingerprint density at radius 2 is 1.74 bits per heavy atom. The molecular weight excluding hydrogens is 258 g/mol. The molecule has 1 aromatic carbocycles. The standard InChI is InChI=1S/C15H15NO2S/c19-15(16-8-10-17-11-9-16)14-7-6-13(18-14)12-4-2-1-3-5-12/h1-7H,8-11H2. The highest BCUT2D eigenvalue weighted by atomic mass is 32.1. The molecule has 2 heterocycles. The van der Waals surface area contributed by atoms with Crippen molar-refractivity contribution in [2.45, 2.75) is 0 Å². The fraction of sp³-hybridized carbons (Fsp3) is 0.267. The number of morpholine rings is 1. The summed E-state index contributed by atoms with van der Waals surface area (Å²) in [7, 11) is 0. The Balaban J connectivity index is 1.79. The van der Waals surface area contributed by atoms with Crippen molar-refractivity contribution in [3.63, 3.8) is 0 Å². The molecular formula is C15H15NO2S. The van der Waals surface area contributed by atoms with Gasteiger partial charge in [0.1, 0.15) is 10.7 Å². The average Bonchev–Trinajstić information content (AvgIpc) is 2.98. The third-order valence-electron chi connectivity index (χ3n) is 3.17. The summed E-state index contributed by atoms with van der Waals surface area (Å²) >= 11 is 5.48. The lowest BCUT2D eigenvalue weighted by atomic mass is 10.2. The number of nitrogens with zero attached hydrogens (tertiary/aromatic N) is 1. The minimum Gasteiger partial charge on any atom is -0.454 e. The second-order valence-electron chi connectivity index (χ2n) is 4.43. The molecule has 98 valence electrons. The van der Waals surface area contributed by atoms with Gasteiger partial charge in [-0.15, -0.1) is 0 Å². The first kappa shape index (κ1) is 12.4. The van der Waals surface area contributed by atoms with Gasteiger partial charge >= 0.3 is 0 Å². The van der Waals surface area contributed by atoms with Crippen molar-refractivity contribution >= 4 is 17.2 Å². The van der Waals surface area contributed by atoms with Gasteiger partial charge in [-0.05, 0) is 12.1 Å². The van der Waals surface area contributed by atoms with Crippen LogP contribution < -0.4 is 0 Å². The van der Waals surface area contributed by atoms with Gasteiger partial charge < -0.3 is 14.1 Å². The van der Waals surface area contributed by atoms with E-state index in [0.717, 1.165) is 48.4 Å². The quantitative estimate of drug-likeness (QED) is 0.786. The van der Waals surface area contributed by atoms with Crippen molar-refractivity contribution in [3.05, 3.63) is 48.2 Å². The Morgan fingerprint density at radius 3 is 2.47 bits per heavy atom. The van der Waals surface area contributed by atoms with Crippen molar-refractivity contribution in [2.75, 3.05) is 26.3 Å². The maximum absolute atomic E-state index is 5.86. The Kier molecular flexibility index (Phi) is 3.62. The zero-order valence-electron chi connectivity index (χ0n) is 10.5. The summed E-state index contributed by atoms with van der Waals surface area (Å²) in [5.74, 6) is 1.61. The first-order valence-corrected chi connectivity index (χ1v) is 6.78. The van der Waals surface area contributed by atoms with E-state index in [1.807, 2.05) is 42.5 Å². The lowest BCUT2D eigenvalue weighted by Crippen LogP contribution is -2.40. The molecule has 1 saturated heterocycles. The molecule has 0 atom stereocenters. The van der Waals surface area contributed by atoms with Crippen LogP contribution in [0.3, 0.4) is 0 Å². The molecule has 1 fully saturated rings. The van der Waals surface area contributed by atoms with Gasteiger partial charge in [0, 0.05) is 18.7 Å². The van der Waals surface area contributed by atoms with Crippen LogP contribution in [0.25, 0.3) is 11.3 Å². The van der Waals surface area contributed by atoms with Gasteiger partial charge in [0.2, 0.25) is 0 Å². The Hall–Kier alpha value is -1.65. The van der Waals surface area contributed by atoms with Crippen LogP contribution in [0.1, 0.15) is 5.76 Å². The fourth-order valence-corrected chi connectivity index (χ4v) is 2.42. The van der Waals surface area contributed by atoms with E-state index in [-0.39, 0.29) is 0 Å². The van der Waals surface area contributed by atoms with Gasteiger partial charge in [0.25, 0.3) is 0 Å². The fourth-order valence-electron chi connectivity index (χ4n) is 2.13. The van der Waals surface area contributed by atoms with E-state index in [2.05, 4.69) is 4.90 Å². The molecule has 1 aliphatic rings. The molecule has 2 aromatic rings. The summed E-state index contributed by atoms with van der Waals surface area (Å²) < 4.78 is 11.2. The minimum atomic E-state index is 0.729. The lowest BCUT2D eigenvalue weighted by Gasteiger charge is -2.28. The summed E-state index contributed by atoms with van der Waals surface area (Å²) in [6.45, 7) is 3.12. The van der Waals surface area contributed by atoms with E-state index in [1.165, 1.54) is 0 Å². The van der Waals surface area contributed by atoms with E-state index < -0.39 is 0 Å². The van der Waals surface area contributed by atoms with E-state index >= 15 is 0 Å². The molecule has 3 nitrogen and oxygen atoms in total.